The monoisotopic (exact) mass is 206 g/mol. The number of hydrogen-bond donors (Lipinski definition) is 1. The molecule has 14 heavy (non-hydrogen) atoms. The summed E-state index contributed by atoms with van der Waals surface area (Å²) in [5.74, 6) is 1.15. The summed E-state index contributed by atoms with van der Waals surface area (Å²) >= 11 is 1.74. The molecule has 0 aromatic heterocycles. The predicted octanol–water partition coefficient (Wildman–Crippen LogP) is 2.92. The van der Waals surface area contributed by atoms with Gasteiger partial charge in [-0.15, -0.1) is 0 Å². The summed E-state index contributed by atoms with van der Waals surface area (Å²) in [7, 11) is 0. The molecule has 0 aliphatic heterocycles. The molecule has 2 heteroatoms. The number of aliphatic hydroxyl groups excluding tert-OH is 1. The van der Waals surface area contributed by atoms with E-state index in [9.17, 15) is 0 Å². The van der Waals surface area contributed by atoms with Crippen LogP contribution in [0.2, 0.25) is 0 Å². The van der Waals surface area contributed by atoms with Gasteiger partial charge in [-0.25, -0.2) is 0 Å². The number of thioether (sulfide) groups is 1. The van der Waals surface area contributed by atoms with Crippen molar-refractivity contribution in [2.75, 3.05) is 6.61 Å². The second-order valence-corrected chi connectivity index (χ2v) is 4.58. The average molecular weight is 206 g/mol. The fraction of sp³-hybridized carbons (Fsp3) is 0.333. The van der Waals surface area contributed by atoms with Gasteiger partial charge < -0.3 is 5.11 Å². The van der Waals surface area contributed by atoms with Crippen LogP contribution in [0.4, 0.5) is 0 Å². The van der Waals surface area contributed by atoms with Gasteiger partial charge >= 0.3 is 0 Å². The van der Waals surface area contributed by atoms with Gasteiger partial charge in [0.05, 0.1) is 0 Å². The maximum Gasteiger partial charge on any atom is 0.0465 e. The molecule has 0 spiro atoms. The summed E-state index contributed by atoms with van der Waals surface area (Å²) in [6, 6.07) is 10.3. The maximum absolute atomic E-state index is 8.85. The third kappa shape index (κ3) is 2.63. The molecule has 1 aliphatic carbocycles. The summed E-state index contributed by atoms with van der Waals surface area (Å²) in [6.07, 6.45) is 3.36. The van der Waals surface area contributed by atoms with Crippen molar-refractivity contribution < 1.29 is 5.11 Å². The van der Waals surface area contributed by atoms with Crippen LogP contribution in [0.25, 0.3) is 0 Å². The Bertz CT molecular complexity index is 307. The van der Waals surface area contributed by atoms with Crippen LogP contribution in [0, 0.1) is 11.8 Å². The second-order valence-electron chi connectivity index (χ2n) is 3.60. The van der Waals surface area contributed by atoms with Gasteiger partial charge in [-0.1, -0.05) is 36.0 Å². The summed E-state index contributed by atoms with van der Waals surface area (Å²) in [5.41, 5.74) is 0. The molecule has 1 nitrogen and oxygen atoms in total. The van der Waals surface area contributed by atoms with Crippen LogP contribution >= 0.6 is 11.8 Å². The molecule has 1 saturated carbocycles. The minimum atomic E-state index is 0.338. The first kappa shape index (κ1) is 9.81. The summed E-state index contributed by atoms with van der Waals surface area (Å²) in [6.45, 7) is 0.338. The molecule has 2 atom stereocenters. The summed E-state index contributed by atoms with van der Waals surface area (Å²) in [5, 5.41) is 11.0. The fourth-order valence-corrected chi connectivity index (χ4v) is 2.19. The van der Waals surface area contributed by atoms with Crippen molar-refractivity contribution in [1.29, 1.82) is 0 Å². The molecule has 1 aromatic carbocycles. The number of rotatable bonds is 4. The van der Waals surface area contributed by atoms with Crippen LogP contribution in [0.5, 0.6) is 0 Å². The molecule has 74 valence electrons. The predicted molar refractivity (Wildman–Crippen MR) is 60.1 cm³/mol. The van der Waals surface area contributed by atoms with Crippen molar-refractivity contribution in [2.24, 2.45) is 11.8 Å². The van der Waals surface area contributed by atoms with Crippen molar-refractivity contribution >= 4 is 11.8 Å². The molecule has 0 bridgehead atoms. The lowest BCUT2D eigenvalue weighted by Gasteiger charge is -1.93. The number of allylic oxidation sites excluding steroid dienone is 1. The topological polar surface area (TPSA) is 20.2 Å². The van der Waals surface area contributed by atoms with Crippen molar-refractivity contribution in [2.45, 2.75) is 11.3 Å². The smallest absolute Gasteiger partial charge is 0.0465 e. The number of benzene rings is 1. The first-order valence-electron chi connectivity index (χ1n) is 4.89. The Morgan fingerprint density at radius 3 is 2.79 bits per heavy atom. The van der Waals surface area contributed by atoms with E-state index in [2.05, 4.69) is 23.6 Å². The van der Waals surface area contributed by atoms with Crippen LogP contribution in [0.1, 0.15) is 6.42 Å². The van der Waals surface area contributed by atoms with Gasteiger partial charge in [-0.3, -0.25) is 0 Å². The zero-order chi connectivity index (χ0) is 9.80. The van der Waals surface area contributed by atoms with Crippen LogP contribution in [-0.4, -0.2) is 11.7 Å². The molecule has 1 N–H and O–H groups in total. The Morgan fingerprint density at radius 1 is 1.36 bits per heavy atom. The maximum atomic E-state index is 8.85. The first-order valence-corrected chi connectivity index (χ1v) is 5.77. The lowest BCUT2D eigenvalue weighted by molar-refractivity contribution is 0.272. The quantitative estimate of drug-likeness (QED) is 0.764. The Balaban J connectivity index is 1.78. The molecule has 1 aromatic rings. The van der Waals surface area contributed by atoms with E-state index < -0.39 is 0 Å². The Labute approximate surface area is 88.8 Å². The van der Waals surface area contributed by atoms with Gasteiger partial charge in [-0.2, -0.15) is 0 Å². The van der Waals surface area contributed by atoms with Crippen LogP contribution < -0.4 is 0 Å². The van der Waals surface area contributed by atoms with Crippen molar-refractivity contribution in [3.63, 3.8) is 0 Å². The van der Waals surface area contributed by atoms with Crippen LogP contribution in [0.15, 0.2) is 46.7 Å². The van der Waals surface area contributed by atoms with E-state index in [-0.39, 0.29) is 0 Å². The molecule has 1 aliphatic rings. The highest BCUT2D eigenvalue weighted by molar-refractivity contribution is 8.02. The van der Waals surface area contributed by atoms with Gasteiger partial charge in [0.2, 0.25) is 0 Å². The van der Waals surface area contributed by atoms with E-state index in [1.165, 1.54) is 4.90 Å². The Hall–Kier alpha value is -0.730. The van der Waals surface area contributed by atoms with E-state index in [1.807, 2.05) is 18.2 Å². The first-order chi connectivity index (χ1) is 6.90. The van der Waals surface area contributed by atoms with E-state index in [1.54, 1.807) is 11.8 Å². The van der Waals surface area contributed by atoms with Gasteiger partial charge in [0.25, 0.3) is 0 Å². The minimum absolute atomic E-state index is 0.338. The molecular weight excluding hydrogens is 192 g/mol. The molecule has 1 fully saturated rings. The SMILES string of the molecule is OCC1CC1/C=C/Sc1ccccc1. The molecule has 2 rings (SSSR count). The lowest BCUT2D eigenvalue weighted by atomic mass is 10.3. The van der Waals surface area contributed by atoms with Crippen molar-refractivity contribution in [3.8, 4) is 0 Å². The molecule has 2 unspecified atom stereocenters. The van der Waals surface area contributed by atoms with Gasteiger partial charge in [0.1, 0.15) is 0 Å². The molecule has 0 radical (unpaired) electrons. The van der Waals surface area contributed by atoms with Gasteiger partial charge in [0.15, 0.2) is 0 Å². The lowest BCUT2D eigenvalue weighted by Crippen LogP contribution is -1.84. The highest BCUT2D eigenvalue weighted by Crippen LogP contribution is 2.39. The minimum Gasteiger partial charge on any atom is -0.396 e. The largest absolute Gasteiger partial charge is 0.396 e. The summed E-state index contributed by atoms with van der Waals surface area (Å²) < 4.78 is 0. The zero-order valence-corrected chi connectivity index (χ0v) is 8.78. The molecule has 0 saturated heterocycles. The highest BCUT2D eigenvalue weighted by atomic mass is 32.2. The fourth-order valence-electron chi connectivity index (χ4n) is 1.43. The van der Waals surface area contributed by atoms with E-state index >= 15 is 0 Å². The molecular formula is C12H14OS. The standard InChI is InChI=1S/C12H14OS/c13-9-11-8-10(11)6-7-14-12-4-2-1-3-5-12/h1-7,10-11,13H,8-9H2/b7-6+. The van der Waals surface area contributed by atoms with Gasteiger partial charge in [0, 0.05) is 11.5 Å². The van der Waals surface area contributed by atoms with Gasteiger partial charge in [-0.05, 0) is 35.8 Å². The number of aliphatic hydroxyl groups is 1. The zero-order valence-electron chi connectivity index (χ0n) is 7.97. The van der Waals surface area contributed by atoms with Crippen molar-refractivity contribution in [3.05, 3.63) is 41.8 Å². The third-order valence-electron chi connectivity index (χ3n) is 2.48. The molecule has 0 heterocycles. The van der Waals surface area contributed by atoms with Crippen molar-refractivity contribution in [1.82, 2.24) is 0 Å². The second kappa shape index (κ2) is 4.67. The summed E-state index contributed by atoms with van der Waals surface area (Å²) in [4.78, 5) is 1.27. The third-order valence-corrected chi connectivity index (χ3v) is 3.32. The van der Waals surface area contributed by atoms with Crippen LogP contribution in [-0.2, 0) is 0 Å². The average Bonchev–Trinajstić information content (AvgIpc) is 2.98. The van der Waals surface area contributed by atoms with E-state index in [0.717, 1.165) is 6.42 Å². The highest BCUT2D eigenvalue weighted by Gasteiger charge is 2.33. The van der Waals surface area contributed by atoms with E-state index in [4.69, 9.17) is 5.11 Å². The molecule has 0 amide bonds. The normalized spacial score (nSPS) is 25.5. The number of hydrogen-bond acceptors (Lipinski definition) is 2. The Morgan fingerprint density at radius 2 is 2.14 bits per heavy atom. The van der Waals surface area contributed by atoms with Crippen LogP contribution in [0.3, 0.4) is 0 Å². The van der Waals surface area contributed by atoms with E-state index in [0.29, 0.717) is 18.4 Å². The Kier molecular flexibility index (Phi) is 3.27.